The monoisotopic (exact) mass is 513 g/mol. The fraction of sp³-hybridized carbons (Fsp3) is 0.696. The highest BCUT2D eigenvalue weighted by Gasteiger charge is 2.59. The Balaban J connectivity index is 0.00000240. The summed E-state index contributed by atoms with van der Waals surface area (Å²) in [6.45, 7) is 15.2. The zero-order valence-electron chi connectivity index (χ0n) is 18.4. The molecule has 4 unspecified atom stereocenters. The van der Waals surface area contributed by atoms with Crippen LogP contribution in [-0.2, 0) is 9.47 Å². The van der Waals surface area contributed by atoms with E-state index in [4.69, 9.17) is 14.5 Å². The molecule has 3 aliphatic rings. The van der Waals surface area contributed by atoms with Crippen LogP contribution in [0.2, 0.25) is 0 Å². The number of nitrogens with zero attached hydrogens (tertiary/aromatic N) is 2. The van der Waals surface area contributed by atoms with Crippen molar-refractivity contribution in [1.29, 1.82) is 0 Å². The Hall–Kier alpha value is -0.860. The fourth-order valence-corrected chi connectivity index (χ4v) is 5.36. The highest BCUT2D eigenvalue weighted by molar-refractivity contribution is 14.0. The maximum atomic E-state index is 6.15. The van der Waals surface area contributed by atoms with Gasteiger partial charge in [0.15, 0.2) is 5.96 Å². The van der Waals surface area contributed by atoms with E-state index < -0.39 is 0 Å². The molecule has 29 heavy (non-hydrogen) atoms. The van der Waals surface area contributed by atoms with Crippen molar-refractivity contribution in [2.75, 3.05) is 32.8 Å². The average Bonchev–Trinajstić information content (AvgIpc) is 3.12. The lowest BCUT2D eigenvalue weighted by molar-refractivity contribution is -0.108. The van der Waals surface area contributed by atoms with Gasteiger partial charge in [0.2, 0.25) is 0 Å². The predicted octanol–water partition coefficient (Wildman–Crippen LogP) is 4.07. The second kappa shape index (κ2) is 9.10. The molecule has 6 heteroatoms. The lowest BCUT2D eigenvalue weighted by Gasteiger charge is -2.55. The molecule has 5 nitrogen and oxygen atoms in total. The van der Waals surface area contributed by atoms with E-state index in [1.807, 2.05) is 0 Å². The van der Waals surface area contributed by atoms with Crippen molar-refractivity contribution < 1.29 is 9.47 Å². The van der Waals surface area contributed by atoms with Crippen LogP contribution in [0.25, 0.3) is 0 Å². The number of aliphatic imine (C=N–C) groups is 1. The number of benzene rings is 1. The minimum Gasteiger partial charge on any atom is -0.377 e. The van der Waals surface area contributed by atoms with Crippen LogP contribution in [0.15, 0.2) is 23.2 Å². The van der Waals surface area contributed by atoms with Gasteiger partial charge < -0.3 is 19.7 Å². The summed E-state index contributed by atoms with van der Waals surface area (Å²) in [6.07, 6.45) is 1.63. The van der Waals surface area contributed by atoms with E-state index in [1.54, 1.807) is 0 Å². The number of ether oxygens (including phenoxy) is 2. The standard InChI is InChI=1S/C23H35N3O2.HI/c1-6-24-22(25-20-18-9-11-28-21(18)23(20,4)5)26-10-12-27-19(14-26)17-8-7-15(2)13-16(17)3;/h7-8,13,18-21H,6,9-12,14H2,1-5H3,(H,24,25);1H. The molecule has 2 aliphatic heterocycles. The summed E-state index contributed by atoms with van der Waals surface area (Å²) in [7, 11) is 0. The topological polar surface area (TPSA) is 46.1 Å². The molecule has 4 rings (SSSR count). The summed E-state index contributed by atoms with van der Waals surface area (Å²) in [5.74, 6) is 1.64. The number of hydrogen-bond donors (Lipinski definition) is 1. The number of rotatable bonds is 3. The second-order valence-corrected chi connectivity index (χ2v) is 9.15. The van der Waals surface area contributed by atoms with Crippen LogP contribution >= 0.6 is 24.0 Å². The number of hydrogen-bond acceptors (Lipinski definition) is 3. The van der Waals surface area contributed by atoms with Gasteiger partial charge in [-0.25, -0.2) is 0 Å². The van der Waals surface area contributed by atoms with Crippen LogP contribution < -0.4 is 5.32 Å². The molecule has 2 heterocycles. The SMILES string of the molecule is CCN=C(NC1C2CCOC2C1(C)C)N1CCOC(c2ccc(C)cc2C)C1.I. The van der Waals surface area contributed by atoms with Crippen molar-refractivity contribution in [3.63, 3.8) is 0 Å². The largest absolute Gasteiger partial charge is 0.377 e. The Labute approximate surface area is 192 Å². The first-order valence-electron chi connectivity index (χ1n) is 10.8. The number of morpholine rings is 1. The first kappa shape index (κ1) is 22.8. The molecule has 0 spiro atoms. The van der Waals surface area contributed by atoms with Gasteiger partial charge in [-0.1, -0.05) is 37.6 Å². The summed E-state index contributed by atoms with van der Waals surface area (Å²) in [4.78, 5) is 7.23. The van der Waals surface area contributed by atoms with Crippen LogP contribution in [0.5, 0.6) is 0 Å². The second-order valence-electron chi connectivity index (χ2n) is 9.15. The third-order valence-electron chi connectivity index (χ3n) is 6.83. The Morgan fingerprint density at radius 1 is 1.24 bits per heavy atom. The Bertz CT molecular complexity index is 752. The van der Waals surface area contributed by atoms with Gasteiger partial charge in [0.05, 0.1) is 19.3 Å². The van der Waals surface area contributed by atoms with E-state index >= 15 is 0 Å². The molecule has 0 radical (unpaired) electrons. The molecule has 0 bridgehead atoms. The first-order chi connectivity index (χ1) is 13.4. The van der Waals surface area contributed by atoms with Crippen molar-refractivity contribution in [3.05, 3.63) is 34.9 Å². The van der Waals surface area contributed by atoms with Gasteiger partial charge in [0.25, 0.3) is 0 Å². The summed E-state index contributed by atoms with van der Waals surface area (Å²) < 4.78 is 12.1. The quantitative estimate of drug-likeness (QED) is 0.376. The molecular formula is C23H36IN3O2. The number of nitrogens with one attached hydrogen (secondary N) is 1. The van der Waals surface area contributed by atoms with Gasteiger partial charge in [-0.15, -0.1) is 24.0 Å². The van der Waals surface area contributed by atoms with E-state index in [0.717, 1.165) is 45.2 Å². The highest BCUT2D eigenvalue weighted by atomic mass is 127. The smallest absolute Gasteiger partial charge is 0.194 e. The number of halogens is 1. The van der Waals surface area contributed by atoms with Crippen molar-refractivity contribution in [3.8, 4) is 0 Å². The zero-order chi connectivity index (χ0) is 19.9. The molecule has 0 aromatic heterocycles. The molecular weight excluding hydrogens is 477 g/mol. The van der Waals surface area contributed by atoms with Gasteiger partial charge in [0, 0.05) is 37.1 Å². The molecule has 1 aromatic rings. The summed E-state index contributed by atoms with van der Waals surface area (Å²) in [6, 6.07) is 7.07. The van der Waals surface area contributed by atoms with Gasteiger partial charge in [-0.3, -0.25) is 4.99 Å². The molecule has 2 saturated heterocycles. The van der Waals surface area contributed by atoms with Gasteiger partial charge >= 0.3 is 0 Å². The van der Waals surface area contributed by atoms with Crippen molar-refractivity contribution in [1.82, 2.24) is 10.2 Å². The molecule has 162 valence electrons. The molecule has 1 N–H and O–H groups in total. The van der Waals surface area contributed by atoms with Crippen molar-refractivity contribution >= 4 is 29.9 Å². The predicted molar refractivity (Wildman–Crippen MR) is 128 cm³/mol. The third kappa shape index (κ3) is 4.30. The van der Waals surface area contributed by atoms with Crippen LogP contribution in [0.4, 0.5) is 0 Å². The molecule has 3 fully saturated rings. The fourth-order valence-electron chi connectivity index (χ4n) is 5.36. The highest BCUT2D eigenvalue weighted by Crippen LogP contribution is 2.52. The van der Waals surface area contributed by atoms with Crippen LogP contribution in [-0.4, -0.2) is 55.9 Å². The van der Waals surface area contributed by atoms with Crippen molar-refractivity contribution in [2.24, 2.45) is 16.3 Å². The van der Waals surface area contributed by atoms with Gasteiger partial charge in [-0.05, 0) is 38.3 Å². The summed E-state index contributed by atoms with van der Waals surface area (Å²) in [5.41, 5.74) is 4.04. The first-order valence-corrected chi connectivity index (χ1v) is 10.8. The van der Waals surface area contributed by atoms with E-state index in [0.29, 0.717) is 18.1 Å². The third-order valence-corrected chi connectivity index (χ3v) is 6.83. The molecule has 1 aromatic carbocycles. The van der Waals surface area contributed by atoms with Crippen molar-refractivity contribution in [2.45, 2.75) is 59.3 Å². The minimum absolute atomic E-state index is 0. The van der Waals surface area contributed by atoms with E-state index in [1.165, 1.54) is 16.7 Å². The molecule has 0 amide bonds. The zero-order valence-corrected chi connectivity index (χ0v) is 20.7. The lowest BCUT2D eigenvalue weighted by Crippen LogP contribution is -2.68. The van der Waals surface area contributed by atoms with Crippen LogP contribution in [0, 0.1) is 25.2 Å². The minimum atomic E-state index is 0. The van der Waals surface area contributed by atoms with Gasteiger partial charge in [-0.2, -0.15) is 0 Å². The Morgan fingerprint density at radius 3 is 2.76 bits per heavy atom. The lowest BCUT2D eigenvalue weighted by atomic mass is 9.57. The Morgan fingerprint density at radius 2 is 2.03 bits per heavy atom. The molecule has 1 saturated carbocycles. The van der Waals surface area contributed by atoms with Crippen LogP contribution in [0.1, 0.15) is 50.0 Å². The molecule has 4 atom stereocenters. The van der Waals surface area contributed by atoms with E-state index in [9.17, 15) is 0 Å². The van der Waals surface area contributed by atoms with E-state index in [2.05, 4.69) is 63.0 Å². The maximum Gasteiger partial charge on any atom is 0.194 e. The summed E-state index contributed by atoms with van der Waals surface area (Å²) in [5, 5.41) is 3.82. The average molecular weight is 513 g/mol. The van der Waals surface area contributed by atoms with Crippen LogP contribution in [0.3, 0.4) is 0 Å². The number of fused-ring (bicyclic) bond motifs is 1. The van der Waals surface area contributed by atoms with Gasteiger partial charge in [0.1, 0.15) is 6.10 Å². The Kier molecular flexibility index (Phi) is 7.16. The maximum absolute atomic E-state index is 6.15. The van der Waals surface area contributed by atoms with E-state index in [-0.39, 0.29) is 35.5 Å². The number of guanidine groups is 1. The summed E-state index contributed by atoms with van der Waals surface area (Å²) >= 11 is 0. The molecule has 1 aliphatic carbocycles. The normalized spacial score (nSPS) is 30.9. The number of aryl methyl sites for hydroxylation is 2.